The zero-order valence-corrected chi connectivity index (χ0v) is 10.5. The maximum Gasteiger partial charge on any atom is 0.0499 e. The molecule has 1 fully saturated rings. The Kier molecular flexibility index (Phi) is 4.00. The van der Waals surface area contributed by atoms with Crippen molar-refractivity contribution < 1.29 is 5.11 Å². The summed E-state index contributed by atoms with van der Waals surface area (Å²) < 4.78 is 0. The fourth-order valence-corrected chi connectivity index (χ4v) is 2.98. The van der Waals surface area contributed by atoms with Crippen LogP contribution in [-0.4, -0.2) is 18.3 Å². The lowest BCUT2D eigenvalue weighted by molar-refractivity contribution is 0.107. The van der Waals surface area contributed by atoms with Crippen molar-refractivity contribution in [3.8, 4) is 0 Å². The molecule has 1 saturated carbocycles. The van der Waals surface area contributed by atoms with Gasteiger partial charge in [0.2, 0.25) is 0 Å². The van der Waals surface area contributed by atoms with E-state index in [1.165, 1.54) is 18.4 Å². The summed E-state index contributed by atoms with van der Waals surface area (Å²) in [6, 6.07) is 2.17. The van der Waals surface area contributed by atoms with Crippen LogP contribution in [0.2, 0.25) is 0 Å². The van der Waals surface area contributed by atoms with E-state index in [2.05, 4.69) is 16.8 Å². The van der Waals surface area contributed by atoms with E-state index in [9.17, 15) is 5.11 Å². The first-order chi connectivity index (χ1) is 7.78. The predicted octanol–water partition coefficient (Wildman–Crippen LogP) is 2.42. The monoisotopic (exact) mass is 239 g/mol. The third-order valence-corrected chi connectivity index (χ3v) is 4.44. The predicted molar refractivity (Wildman–Crippen MR) is 68.6 cm³/mol. The van der Waals surface area contributed by atoms with E-state index in [0.717, 1.165) is 25.2 Å². The van der Waals surface area contributed by atoms with E-state index in [0.29, 0.717) is 6.54 Å². The second-order valence-corrected chi connectivity index (χ2v) is 5.92. The summed E-state index contributed by atoms with van der Waals surface area (Å²) in [6.07, 6.45) is 5.85. The van der Waals surface area contributed by atoms with Gasteiger partial charge in [-0.2, -0.15) is 11.3 Å². The van der Waals surface area contributed by atoms with Gasteiger partial charge in [-0.05, 0) is 47.6 Å². The lowest BCUT2D eigenvalue weighted by Gasteiger charge is -2.30. The highest BCUT2D eigenvalue weighted by Gasteiger charge is 2.35. The van der Waals surface area contributed by atoms with Crippen molar-refractivity contribution in [2.45, 2.75) is 32.1 Å². The molecule has 2 rings (SSSR count). The first-order valence-corrected chi connectivity index (χ1v) is 7.04. The summed E-state index contributed by atoms with van der Waals surface area (Å²) >= 11 is 1.74. The molecule has 0 radical (unpaired) electrons. The van der Waals surface area contributed by atoms with Gasteiger partial charge in [0, 0.05) is 18.6 Å². The smallest absolute Gasteiger partial charge is 0.0499 e. The van der Waals surface area contributed by atoms with Crippen LogP contribution in [0.4, 0.5) is 0 Å². The molecule has 3 N–H and O–H groups in total. The van der Waals surface area contributed by atoms with Crippen LogP contribution in [0.3, 0.4) is 0 Å². The molecule has 0 bridgehead atoms. The largest absolute Gasteiger partial charge is 0.396 e. The Balaban J connectivity index is 1.90. The van der Waals surface area contributed by atoms with E-state index in [-0.39, 0.29) is 12.0 Å². The van der Waals surface area contributed by atoms with E-state index in [4.69, 9.17) is 5.73 Å². The molecule has 1 heterocycles. The van der Waals surface area contributed by atoms with E-state index >= 15 is 0 Å². The Labute approximate surface area is 101 Å². The summed E-state index contributed by atoms with van der Waals surface area (Å²) in [5.41, 5.74) is 7.23. The molecule has 0 spiro atoms. The van der Waals surface area contributed by atoms with Crippen molar-refractivity contribution >= 4 is 11.3 Å². The minimum Gasteiger partial charge on any atom is -0.396 e. The van der Waals surface area contributed by atoms with Gasteiger partial charge < -0.3 is 10.8 Å². The second-order valence-electron chi connectivity index (χ2n) is 5.14. The Morgan fingerprint density at radius 2 is 2.31 bits per heavy atom. The molecule has 16 heavy (non-hydrogen) atoms. The molecule has 1 unspecified atom stereocenters. The number of hydrogen-bond acceptors (Lipinski definition) is 3. The zero-order valence-electron chi connectivity index (χ0n) is 9.69. The van der Waals surface area contributed by atoms with Crippen LogP contribution in [0.1, 0.15) is 31.2 Å². The minimum absolute atomic E-state index is 0.0247. The molecule has 1 atom stereocenters. The van der Waals surface area contributed by atoms with Gasteiger partial charge >= 0.3 is 0 Å². The van der Waals surface area contributed by atoms with E-state index < -0.39 is 0 Å². The summed E-state index contributed by atoms with van der Waals surface area (Å²) in [5.74, 6) is 0.832. The molecule has 0 saturated heterocycles. The maximum absolute atomic E-state index is 9.60. The van der Waals surface area contributed by atoms with Crippen molar-refractivity contribution in [1.29, 1.82) is 0 Å². The number of rotatable bonds is 7. The van der Waals surface area contributed by atoms with Crippen molar-refractivity contribution in [2.75, 3.05) is 13.2 Å². The van der Waals surface area contributed by atoms with Crippen LogP contribution in [0.5, 0.6) is 0 Å². The van der Waals surface area contributed by atoms with Gasteiger partial charge in [-0.1, -0.05) is 12.8 Å². The fraction of sp³-hybridized carbons (Fsp3) is 0.692. The number of aliphatic hydroxyl groups excluding tert-OH is 1. The second kappa shape index (κ2) is 5.30. The van der Waals surface area contributed by atoms with E-state index in [1.807, 2.05) is 0 Å². The van der Waals surface area contributed by atoms with Gasteiger partial charge in [0.15, 0.2) is 0 Å². The maximum atomic E-state index is 9.60. The molecule has 2 nitrogen and oxygen atoms in total. The van der Waals surface area contributed by atoms with Crippen LogP contribution in [0, 0.1) is 11.3 Å². The molecular weight excluding hydrogens is 218 g/mol. The third-order valence-electron chi connectivity index (χ3n) is 3.71. The van der Waals surface area contributed by atoms with E-state index in [1.54, 1.807) is 11.3 Å². The minimum atomic E-state index is -0.0247. The number of aryl methyl sites for hydroxylation is 1. The van der Waals surface area contributed by atoms with Crippen LogP contribution in [0.15, 0.2) is 16.8 Å². The Morgan fingerprint density at radius 3 is 2.81 bits per heavy atom. The Hall–Kier alpha value is -0.380. The average Bonchev–Trinajstić information content (AvgIpc) is 2.96. The normalized spacial score (nSPS) is 19.6. The van der Waals surface area contributed by atoms with Gasteiger partial charge in [-0.15, -0.1) is 0 Å². The summed E-state index contributed by atoms with van der Waals surface area (Å²) in [4.78, 5) is 0. The molecule has 1 aliphatic rings. The highest BCUT2D eigenvalue weighted by molar-refractivity contribution is 7.07. The molecular formula is C13H21NOS. The van der Waals surface area contributed by atoms with Gasteiger partial charge in [0.05, 0.1) is 0 Å². The van der Waals surface area contributed by atoms with Crippen LogP contribution in [-0.2, 0) is 6.42 Å². The molecule has 90 valence electrons. The molecule has 1 aliphatic carbocycles. The zero-order chi connectivity index (χ0) is 11.4. The summed E-state index contributed by atoms with van der Waals surface area (Å²) in [5, 5.41) is 13.9. The number of hydrogen-bond donors (Lipinski definition) is 2. The third kappa shape index (κ3) is 3.06. The number of aliphatic hydroxyl groups is 1. The topological polar surface area (TPSA) is 46.2 Å². The first-order valence-electron chi connectivity index (χ1n) is 6.10. The molecule has 1 aromatic rings. The number of thiophene rings is 1. The Bertz CT molecular complexity index is 302. The molecule has 0 aromatic carbocycles. The highest BCUT2D eigenvalue weighted by Crippen LogP contribution is 2.42. The molecule has 1 aromatic heterocycles. The lowest BCUT2D eigenvalue weighted by atomic mass is 9.78. The molecule has 0 amide bonds. The van der Waals surface area contributed by atoms with Crippen molar-refractivity contribution in [2.24, 2.45) is 17.1 Å². The van der Waals surface area contributed by atoms with Gasteiger partial charge in [0.1, 0.15) is 0 Å². The lowest BCUT2D eigenvalue weighted by Crippen LogP contribution is -2.35. The van der Waals surface area contributed by atoms with Crippen molar-refractivity contribution in [3.05, 3.63) is 22.4 Å². The van der Waals surface area contributed by atoms with Crippen LogP contribution < -0.4 is 5.73 Å². The quantitative estimate of drug-likeness (QED) is 0.767. The standard InChI is InChI=1S/C13H21NOS/c14-9-13(10-15,7-11-1-2-11)5-3-12-4-6-16-8-12/h4,6,8,11,15H,1-3,5,7,9-10,14H2. The highest BCUT2D eigenvalue weighted by atomic mass is 32.1. The fourth-order valence-electron chi connectivity index (χ4n) is 2.27. The SMILES string of the molecule is NCC(CO)(CCc1ccsc1)CC1CC1. The van der Waals surface area contributed by atoms with Crippen molar-refractivity contribution in [3.63, 3.8) is 0 Å². The van der Waals surface area contributed by atoms with Gasteiger partial charge in [-0.25, -0.2) is 0 Å². The molecule has 3 heteroatoms. The summed E-state index contributed by atoms with van der Waals surface area (Å²) in [6.45, 7) is 0.855. The molecule has 0 aliphatic heterocycles. The van der Waals surface area contributed by atoms with Gasteiger partial charge in [0.25, 0.3) is 0 Å². The van der Waals surface area contributed by atoms with Gasteiger partial charge in [-0.3, -0.25) is 0 Å². The van der Waals surface area contributed by atoms with Crippen molar-refractivity contribution in [1.82, 2.24) is 0 Å². The Morgan fingerprint density at radius 1 is 1.50 bits per heavy atom. The van der Waals surface area contributed by atoms with Crippen LogP contribution >= 0.6 is 11.3 Å². The first kappa shape index (κ1) is 12.1. The average molecular weight is 239 g/mol. The number of nitrogens with two attached hydrogens (primary N) is 1. The van der Waals surface area contributed by atoms with Crippen LogP contribution in [0.25, 0.3) is 0 Å². The summed E-state index contributed by atoms with van der Waals surface area (Å²) in [7, 11) is 0.